The summed E-state index contributed by atoms with van der Waals surface area (Å²) < 4.78 is 31.3. The number of carbonyl (C=O) groups excluding carboxylic acids is 1. The summed E-state index contributed by atoms with van der Waals surface area (Å²) in [5.41, 5.74) is 4.02. The maximum Gasteiger partial charge on any atom is 0.254 e. The van der Waals surface area contributed by atoms with E-state index in [9.17, 15) is 13.6 Å². The second-order valence-corrected chi connectivity index (χ2v) is 2.70. The molecule has 0 radical (unpaired) electrons. The molecular weight excluding hydrogens is 204 g/mol. The maximum atomic E-state index is 13.4. The van der Waals surface area contributed by atoms with Crippen LogP contribution in [0.25, 0.3) is 0 Å². The van der Waals surface area contributed by atoms with Crippen molar-refractivity contribution in [3.63, 3.8) is 0 Å². The molecule has 15 heavy (non-hydrogen) atoms. The SMILES string of the molecule is C=CCOc1ccc(F)c(C(N)=O)c1F. The minimum Gasteiger partial charge on any atom is -0.486 e. The van der Waals surface area contributed by atoms with E-state index in [1.54, 1.807) is 0 Å². The van der Waals surface area contributed by atoms with Crippen LogP contribution in [0.4, 0.5) is 8.78 Å². The normalized spacial score (nSPS) is 9.73. The Bertz CT molecular complexity index is 405. The van der Waals surface area contributed by atoms with Crippen molar-refractivity contribution in [3.8, 4) is 5.75 Å². The van der Waals surface area contributed by atoms with E-state index in [0.717, 1.165) is 12.1 Å². The number of amides is 1. The molecule has 1 aromatic carbocycles. The van der Waals surface area contributed by atoms with Crippen LogP contribution < -0.4 is 10.5 Å². The van der Waals surface area contributed by atoms with Crippen LogP contribution in [-0.4, -0.2) is 12.5 Å². The Morgan fingerprint density at radius 3 is 2.73 bits per heavy atom. The lowest BCUT2D eigenvalue weighted by Crippen LogP contribution is -2.16. The van der Waals surface area contributed by atoms with Gasteiger partial charge in [-0.15, -0.1) is 0 Å². The van der Waals surface area contributed by atoms with Crippen molar-refractivity contribution in [2.75, 3.05) is 6.61 Å². The van der Waals surface area contributed by atoms with Crippen LogP contribution in [0.1, 0.15) is 10.4 Å². The van der Waals surface area contributed by atoms with Crippen LogP contribution in [0.15, 0.2) is 24.8 Å². The smallest absolute Gasteiger partial charge is 0.254 e. The number of hydrogen-bond acceptors (Lipinski definition) is 2. The van der Waals surface area contributed by atoms with Crippen LogP contribution in [0.5, 0.6) is 5.75 Å². The molecule has 0 atom stereocenters. The minimum atomic E-state index is -1.17. The van der Waals surface area contributed by atoms with E-state index in [4.69, 9.17) is 10.5 Å². The van der Waals surface area contributed by atoms with Gasteiger partial charge in [-0.25, -0.2) is 8.78 Å². The third-order valence-corrected chi connectivity index (χ3v) is 1.66. The summed E-state index contributed by atoms with van der Waals surface area (Å²) in [7, 11) is 0. The summed E-state index contributed by atoms with van der Waals surface area (Å²) in [5, 5.41) is 0. The van der Waals surface area contributed by atoms with Gasteiger partial charge in [0.25, 0.3) is 5.91 Å². The van der Waals surface area contributed by atoms with Crippen LogP contribution in [0.2, 0.25) is 0 Å². The highest BCUT2D eigenvalue weighted by Gasteiger charge is 2.18. The van der Waals surface area contributed by atoms with Gasteiger partial charge >= 0.3 is 0 Å². The first-order chi connectivity index (χ1) is 7.07. The third kappa shape index (κ3) is 2.31. The lowest BCUT2D eigenvalue weighted by molar-refractivity contribution is 0.0991. The van der Waals surface area contributed by atoms with Crippen molar-refractivity contribution in [3.05, 3.63) is 42.0 Å². The fraction of sp³-hybridized carbons (Fsp3) is 0.100. The summed E-state index contributed by atoms with van der Waals surface area (Å²) in [5.74, 6) is -3.51. The van der Waals surface area contributed by atoms with E-state index in [1.165, 1.54) is 6.08 Å². The van der Waals surface area contributed by atoms with Crippen molar-refractivity contribution < 1.29 is 18.3 Å². The predicted molar refractivity (Wildman–Crippen MR) is 50.6 cm³/mol. The standard InChI is InChI=1S/C10H9F2NO2/c1-2-5-15-7-4-3-6(11)8(9(7)12)10(13)14/h2-4H,1,5H2,(H2,13,14). The molecule has 0 bridgehead atoms. The summed E-state index contributed by atoms with van der Waals surface area (Å²) in [6.45, 7) is 3.42. The molecule has 5 heteroatoms. The molecule has 0 heterocycles. The summed E-state index contributed by atoms with van der Waals surface area (Å²) >= 11 is 0. The molecule has 1 amide bonds. The molecule has 80 valence electrons. The van der Waals surface area contributed by atoms with Gasteiger partial charge < -0.3 is 10.5 Å². The zero-order valence-corrected chi connectivity index (χ0v) is 7.80. The van der Waals surface area contributed by atoms with Crippen LogP contribution in [-0.2, 0) is 0 Å². The van der Waals surface area contributed by atoms with Crippen molar-refractivity contribution in [1.82, 2.24) is 0 Å². The van der Waals surface area contributed by atoms with Crippen molar-refractivity contribution in [1.29, 1.82) is 0 Å². The zero-order valence-electron chi connectivity index (χ0n) is 7.80. The van der Waals surface area contributed by atoms with E-state index in [-0.39, 0.29) is 12.4 Å². The Labute approximate surface area is 85.1 Å². The summed E-state index contributed by atoms with van der Waals surface area (Å²) in [6.07, 6.45) is 1.40. The molecular formula is C10H9F2NO2. The highest BCUT2D eigenvalue weighted by molar-refractivity contribution is 5.93. The lowest BCUT2D eigenvalue weighted by Gasteiger charge is -2.07. The maximum absolute atomic E-state index is 13.4. The molecule has 0 spiro atoms. The largest absolute Gasteiger partial charge is 0.486 e. The van der Waals surface area contributed by atoms with Gasteiger partial charge in [-0.3, -0.25) is 4.79 Å². The Hall–Kier alpha value is -1.91. The first kappa shape index (κ1) is 11.2. The van der Waals surface area contributed by atoms with Gasteiger partial charge in [0.2, 0.25) is 0 Å². The van der Waals surface area contributed by atoms with E-state index in [0.29, 0.717) is 0 Å². The van der Waals surface area contributed by atoms with Crippen LogP contribution in [0.3, 0.4) is 0 Å². The van der Waals surface area contributed by atoms with Crippen LogP contribution >= 0.6 is 0 Å². The van der Waals surface area contributed by atoms with E-state index < -0.39 is 23.1 Å². The summed E-state index contributed by atoms with van der Waals surface area (Å²) in [6, 6.07) is 2.00. The topological polar surface area (TPSA) is 52.3 Å². The molecule has 0 fully saturated rings. The molecule has 0 unspecified atom stereocenters. The van der Waals surface area contributed by atoms with E-state index >= 15 is 0 Å². The number of carbonyl (C=O) groups is 1. The molecule has 0 aromatic heterocycles. The first-order valence-electron chi connectivity index (χ1n) is 4.09. The Morgan fingerprint density at radius 2 is 2.20 bits per heavy atom. The molecule has 3 nitrogen and oxygen atoms in total. The molecule has 2 N–H and O–H groups in total. The Kier molecular flexibility index (Phi) is 3.38. The summed E-state index contributed by atoms with van der Waals surface area (Å²) in [4.78, 5) is 10.7. The fourth-order valence-electron chi connectivity index (χ4n) is 1.02. The number of ether oxygens (including phenoxy) is 1. The van der Waals surface area contributed by atoms with Gasteiger partial charge in [0.15, 0.2) is 11.6 Å². The first-order valence-corrected chi connectivity index (χ1v) is 4.09. The van der Waals surface area contributed by atoms with Crippen LogP contribution in [0, 0.1) is 11.6 Å². The van der Waals surface area contributed by atoms with E-state index in [2.05, 4.69) is 6.58 Å². The molecule has 0 saturated heterocycles. The lowest BCUT2D eigenvalue weighted by atomic mass is 10.2. The Morgan fingerprint density at radius 1 is 1.53 bits per heavy atom. The quantitative estimate of drug-likeness (QED) is 0.773. The number of rotatable bonds is 4. The fourth-order valence-corrected chi connectivity index (χ4v) is 1.02. The number of nitrogens with two attached hydrogens (primary N) is 1. The highest BCUT2D eigenvalue weighted by Crippen LogP contribution is 2.22. The number of hydrogen-bond donors (Lipinski definition) is 1. The molecule has 0 saturated carbocycles. The monoisotopic (exact) mass is 213 g/mol. The average molecular weight is 213 g/mol. The predicted octanol–water partition coefficient (Wildman–Crippen LogP) is 1.63. The molecule has 0 aliphatic rings. The van der Waals surface area contributed by atoms with Gasteiger partial charge in [0, 0.05) is 0 Å². The van der Waals surface area contributed by atoms with Gasteiger partial charge in [-0.2, -0.15) is 0 Å². The minimum absolute atomic E-state index is 0.0563. The zero-order chi connectivity index (χ0) is 11.4. The second kappa shape index (κ2) is 4.54. The van der Waals surface area contributed by atoms with Gasteiger partial charge in [-0.05, 0) is 12.1 Å². The van der Waals surface area contributed by atoms with Gasteiger partial charge in [-0.1, -0.05) is 12.7 Å². The Balaban J connectivity index is 3.16. The van der Waals surface area contributed by atoms with E-state index in [1.807, 2.05) is 0 Å². The van der Waals surface area contributed by atoms with Crippen molar-refractivity contribution in [2.24, 2.45) is 5.73 Å². The molecule has 1 aromatic rings. The van der Waals surface area contributed by atoms with Crippen molar-refractivity contribution in [2.45, 2.75) is 0 Å². The average Bonchev–Trinajstić information content (AvgIpc) is 2.16. The second-order valence-electron chi connectivity index (χ2n) is 2.70. The number of benzene rings is 1. The number of primary amides is 1. The van der Waals surface area contributed by atoms with Crippen molar-refractivity contribution >= 4 is 5.91 Å². The third-order valence-electron chi connectivity index (χ3n) is 1.66. The van der Waals surface area contributed by atoms with Gasteiger partial charge in [0.1, 0.15) is 18.0 Å². The van der Waals surface area contributed by atoms with Gasteiger partial charge in [0.05, 0.1) is 0 Å². The molecule has 1 rings (SSSR count). The molecule has 0 aliphatic heterocycles. The highest BCUT2D eigenvalue weighted by atomic mass is 19.1. The molecule has 0 aliphatic carbocycles. The number of halogens is 2.